The quantitative estimate of drug-likeness (QED) is 0.229. The minimum atomic E-state index is -1.16. The number of carboxylic acids is 2. The van der Waals surface area contributed by atoms with E-state index in [1.54, 1.807) is 48.5 Å². The number of benzene rings is 4. The summed E-state index contributed by atoms with van der Waals surface area (Å²) < 4.78 is 15.6. The molecule has 2 N–H and O–H groups in total. The summed E-state index contributed by atoms with van der Waals surface area (Å²) in [6.07, 6.45) is 0. The first-order valence-electron chi connectivity index (χ1n) is 12.5. The van der Waals surface area contributed by atoms with Crippen LogP contribution in [-0.4, -0.2) is 40.7 Å². The van der Waals surface area contributed by atoms with Crippen LogP contribution in [0.5, 0.6) is 5.75 Å². The Labute approximate surface area is 236 Å². The van der Waals surface area contributed by atoms with Crippen LogP contribution < -0.4 is 4.74 Å². The van der Waals surface area contributed by atoms with Gasteiger partial charge in [-0.1, -0.05) is 66.7 Å². The highest BCUT2D eigenvalue weighted by molar-refractivity contribution is 6.03. The van der Waals surface area contributed by atoms with Crippen LogP contribution in [0.15, 0.2) is 103 Å². The second-order valence-corrected chi connectivity index (χ2v) is 8.42. The van der Waals surface area contributed by atoms with Crippen molar-refractivity contribution in [2.24, 2.45) is 0 Å². The van der Waals surface area contributed by atoms with Crippen LogP contribution in [0.25, 0.3) is 0 Å². The van der Waals surface area contributed by atoms with Crippen LogP contribution in [0.3, 0.4) is 0 Å². The summed E-state index contributed by atoms with van der Waals surface area (Å²) in [7, 11) is 0. The smallest absolute Gasteiger partial charge is 0.339 e. The number of esters is 2. The van der Waals surface area contributed by atoms with E-state index in [1.165, 1.54) is 24.3 Å². The van der Waals surface area contributed by atoms with Crippen molar-refractivity contribution >= 4 is 23.9 Å². The topological polar surface area (TPSA) is 136 Å². The molecule has 0 aliphatic carbocycles. The normalized spacial score (nSPS) is 9.98. The molecule has 0 heterocycles. The largest absolute Gasteiger partial charge is 0.494 e. The summed E-state index contributed by atoms with van der Waals surface area (Å²) in [4.78, 5) is 45.9. The highest BCUT2D eigenvalue weighted by Crippen LogP contribution is 2.15. The molecule has 0 aliphatic rings. The van der Waals surface area contributed by atoms with Crippen LogP contribution in [-0.2, 0) is 22.7 Å². The molecule has 0 amide bonds. The standard InChI is InChI=1S/C17H16O5.C15H12O4/c1-2-21-13-9-7-12(8-10-13)11-22-17(20)15-6-4-3-5-14(15)16(18)19;16-14(17)12-8-4-5-9-13(12)15(18)19-10-11-6-2-1-3-7-11/h3-10H,2,11H2,1H3,(H,18,19);1-9H,10H2,(H,16,17). The highest BCUT2D eigenvalue weighted by Gasteiger charge is 2.18. The predicted octanol–water partition coefficient (Wildman–Crippen LogP) is 5.88. The van der Waals surface area contributed by atoms with Gasteiger partial charge in [-0.05, 0) is 54.4 Å². The molecule has 4 aromatic rings. The van der Waals surface area contributed by atoms with Gasteiger partial charge in [-0.3, -0.25) is 0 Å². The lowest BCUT2D eigenvalue weighted by Gasteiger charge is -2.08. The number of ether oxygens (including phenoxy) is 3. The van der Waals surface area contributed by atoms with Gasteiger partial charge in [-0.15, -0.1) is 0 Å². The lowest BCUT2D eigenvalue weighted by Crippen LogP contribution is -2.11. The van der Waals surface area contributed by atoms with Gasteiger partial charge in [0.2, 0.25) is 0 Å². The van der Waals surface area contributed by atoms with Crippen LogP contribution in [0.2, 0.25) is 0 Å². The average Bonchev–Trinajstić information content (AvgIpc) is 3.00. The molecule has 4 rings (SSSR count). The zero-order valence-electron chi connectivity index (χ0n) is 22.2. The number of carboxylic acid groups (broad SMARTS) is 2. The van der Waals surface area contributed by atoms with Crippen molar-refractivity contribution in [1.82, 2.24) is 0 Å². The van der Waals surface area contributed by atoms with Gasteiger partial charge >= 0.3 is 23.9 Å². The molecule has 0 unspecified atom stereocenters. The van der Waals surface area contributed by atoms with E-state index in [2.05, 4.69) is 0 Å². The maximum Gasteiger partial charge on any atom is 0.339 e. The Bertz CT molecular complexity index is 1480. The van der Waals surface area contributed by atoms with Gasteiger partial charge in [0.15, 0.2) is 0 Å². The predicted molar refractivity (Wildman–Crippen MR) is 149 cm³/mol. The molecule has 0 aliphatic heterocycles. The fourth-order valence-corrected chi connectivity index (χ4v) is 3.57. The Morgan fingerprint density at radius 1 is 0.537 bits per heavy atom. The highest BCUT2D eigenvalue weighted by atomic mass is 16.5. The van der Waals surface area contributed by atoms with E-state index in [-0.39, 0.29) is 35.5 Å². The van der Waals surface area contributed by atoms with E-state index in [0.29, 0.717) is 6.61 Å². The maximum atomic E-state index is 12.0. The Balaban J connectivity index is 0.000000228. The summed E-state index contributed by atoms with van der Waals surface area (Å²) in [5, 5.41) is 18.1. The minimum Gasteiger partial charge on any atom is -0.494 e. The number of carbonyl (C=O) groups excluding carboxylic acids is 2. The van der Waals surface area contributed by atoms with Crippen molar-refractivity contribution in [3.8, 4) is 5.75 Å². The number of carbonyl (C=O) groups is 4. The van der Waals surface area contributed by atoms with Gasteiger partial charge in [0.05, 0.1) is 28.9 Å². The van der Waals surface area contributed by atoms with Gasteiger partial charge in [0.1, 0.15) is 19.0 Å². The van der Waals surface area contributed by atoms with Crippen LogP contribution in [0, 0.1) is 0 Å². The van der Waals surface area contributed by atoms with E-state index < -0.39 is 23.9 Å². The summed E-state index contributed by atoms with van der Waals surface area (Å²) in [6, 6.07) is 28.3. The zero-order valence-corrected chi connectivity index (χ0v) is 22.2. The van der Waals surface area contributed by atoms with Crippen molar-refractivity contribution in [3.63, 3.8) is 0 Å². The maximum absolute atomic E-state index is 12.0. The third-order valence-corrected chi connectivity index (χ3v) is 5.57. The van der Waals surface area contributed by atoms with Gasteiger partial charge in [0, 0.05) is 0 Å². The molecular weight excluding hydrogens is 528 g/mol. The zero-order chi connectivity index (χ0) is 29.6. The molecule has 0 bridgehead atoms. The van der Waals surface area contributed by atoms with E-state index >= 15 is 0 Å². The van der Waals surface area contributed by atoms with Crippen molar-refractivity contribution in [3.05, 3.63) is 137 Å². The monoisotopic (exact) mass is 556 g/mol. The molecule has 9 heteroatoms. The van der Waals surface area contributed by atoms with Crippen molar-refractivity contribution < 1.29 is 43.6 Å². The number of rotatable bonds is 10. The lowest BCUT2D eigenvalue weighted by atomic mass is 10.1. The van der Waals surface area contributed by atoms with Crippen molar-refractivity contribution in [1.29, 1.82) is 0 Å². The van der Waals surface area contributed by atoms with E-state index in [9.17, 15) is 19.2 Å². The van der Waals surface area contributed by atoms with Gasteiger partial charge < -0.3 is 24.4 Å². The third-order valence-electron chi connectivity index (χ3n) is 5.57. The number of hydrogen-bond donors (Lipinski definition) is 2. The SMILES string of the molecule is CCOc1ccc(COC(=O)c2ccccc2C(=O)O)cc1.O=C(O)c1ccccc1C(=O)OCc1ccccc1. The third kappa shape index (κ3) is 9.07. The lowest BCUT2D eigenvalue weighted by molar-refractivity contribution is 0.0458. The Kier molecular flexibility index (Phi) is 11.2. The summed E-state index contributed by atoms with van der Waals surface area (Å²) in [6.45, 7) is 2.67. The summed E-state index contributed by atoms with van der Waals surface area (Å²) in [5.41, 5.74) is 1.62. The van der Waals surface area contributed by atoms with E-state index in [0.717, 1.165) is 16.9 Å². The van der Waals surface area contributed by atoms with Crippen molar-refractivity contribution in [2.75, 3.05) is 6.61 Å². The molecule has 9 nitrogen and oxygen atoms in total. The number of aromatic carboxylic acids is 2. The second-order valence-electron chi connectivity index (χ2n) is 8.42. The first-order chi connectivity index (χ1) is 19.8. The molecule has 0 saturated carbocycles. The van der Waals surface area contributed by atoms with Gasteiger partial charge in [-0.2, -0.15) is 0 Å². The van der Waals surface area contributed by atoms with Crippen LogP contribution >= 0.6 is 0 Å². The Morgan fingerprint density at radius 2 is 0.927 bits per heavy atom. The fourth-order valence-electron chi connectivity index (χ4n) is 3.57. The van der Waals surface area contributed by atoms with Crippen LogP contribution in [0.1, 0.15) is 59.5 Å². The van der Waals surface area contributed by atoms with Gasteiger partial charge in [0.25, 0.3) is 0 Å². The molecule has 41 heavy (non-hydrogen) atoms. The molecule has 0 spiro atoms. The molecular formula is C32H28O9. The minimum absolute atomic E-state index is 0.0425. The number of hydrogen-bond acceptors (Lipinski definition) is 7. The molecule has 0 radical (unpaired) electrons. The Morgan fingerprint density at radius 3 is 1.34 bits per heavy atom. The average molecular weight is 557 g/mol. The fraction of sp³-hybridized carbons (Fsp3) is 0.125. The second kappa shape index (κ2) is 15.2. The molecule has 0 aromatic heterocycles. The van der Waals surface area contributed by atoms with Gasteiger partial charge in [-0.25, -0.2) is 19.2 Å². The molecule has 0 atom stereocenters. The summed E-state index contributed by atoms with van der Waals surface area (Å²) in [5.74, 6) is -2.86. The first-order valence-corrected chi connectivity index (χ1v) is 12.5. The molecule has 0 fully saturated rings. The first kappa shape index (κ1) is 30.1. The summed E-state index contributed by atoms with van der Waals surface area (Å²) >= 11 is 0. The van der Waals surface area contributed by atoms with Crippen molar-refractivity contribution in [2.45, 2.75) is 20.1 Å². The Hall–Kier alpha value is -5.44. The van der Waals surface area contributed by atoms with E-state index in [4.69, 9.17) is 24.4 Å². The molecule has 210 valence electrons. The molecule has 4 aromatic carbocycles. The van der Waals surface area contributed by atoms with Crippen LogP contribution in [0.4, 0.5) is 0 Å². The molecule has 0 saturated heterocycles. The van der Waals surface area contributed by atoms with E-state index in [1.807, 2.05) is 37.3 Å².